The van der Waals surface area contributed by atoms with Crippen LogP contribution in [0.2, 0.25) is 0 Å². The summed E-state index contributed by atoms with van der Waals surface area (Å²) in [7, 11) is 1.64. The number of imidazole rings is 1. The summed E-state index contributed by atoms with van der Waals surface area (Å²) in [6.07, 6.45) is 0.395. The minimum Gasteiger partial charge on any atom is -0.359 e. The fraction of sp³-hybridized carbons (Fsp3) is 0.615. The van der Waals surface area contributed by atoms with Crippen molar-refractivity contribution in [3.63, 3.8) is 0 Å². The Morgan fingerprint density at radius 3 is 2.75 bits per heavy atom. The third-order valence-electron chi connectivity index (χ3n) is 3.32. The Balaban J connectivity index is 2.52. The molecule has 2 aromatic heterocycles. The van der Waals surface area contributed by atoms with E-state index in [0.717, 1.165) is 29.2 Å². The minimum absolute atomic E-state index is 0.000638. The maximum atomic E-state index is 11.5. The molecule has 1 atom stereocenters. The molecule has 0 bridgehead atoms. The first kappa shape index (κ1) is 14.8. The Bertz CT molecular complexity index is 628. The second-order valence-electron chi connectivity index (χ2n) is 4.73. The van der Waals surface area contributed by atoms with Crippen molar-refractivity contribution in [1.82, 2.24) is 24.6 Å². The van der Waals surface area contributed by atoms with Gasteiger partial charge in [0.25, 0.3) is 0 Å². The van der Waals surface area contributed by atoms with E-state index in [9.17, 15) is 4.79 Å². The first-order valence-corrected chi connectivity index (χ1v) is 7.21. The number of nitrogens with one attached hydrogen (secondary N) is 1. The van der Waals surface area contributed by atoms with Crippen LogP contribution in [0.3, 0.4) is 0 Å². The highest BCUT2D eigenvalue weighted by atomic mass is 35.5. The molecule has 0 aromatic carbocycles. The lowest BCUT2D eigenvalue weighted by atomic mass is 10.3. The van der Waals surface area contributed by atoms with Crippen molar-refractivity contribution in [3.8, 4) is 0 Å². The molecular formula is C13H20ClN5O. The largest absolute Gasteiger partial charge is 0.359 e. The molecule has 20 heavy (non-hydrogen) atoms. The minimum atomic E-state index is -0.211. The van der Waals surface area contributed by atoms with Gasteiger partial charge >= 0.3 is 0 Å². The number of hydrogen-bond donors (Lipinski definition) is 1. The molecule has 2 rings (SSSR count). The predicted octanol–water partition coefficient (Wildman–Crippen LogP) is 2.00. The molecule has 1 amide bonds. The van der Waals surface area contributed by atoms with E-state index < -0.39 is 0 Å². The van der Waals surface area contributed by atoms with E-state index in [1.165, 1.54) is 0 Å². The summed E-state index contributed by atoms with van der Waals surface area (Å²) < 4.78 is 3.91. The van der Waals surface area contributed by atoms with E-state index in [2.05, 4.69) is 15.4 Å². The molecule has 7 heteroatoms. The predicted molar refractivity (Wildman–Crippen MR) is 78.9 cm³/mol. The van der Waals surface area contributed by atoms with Gasteiger partial charge in [0.2, 0.25) is 5.91 Å². The number of aryl methyl sites for hydroxylation is 3. The van der Waals surface area contributed by atoms with Crippen molar-refractivity contribution in [2.45, 2.75) is 45.7 Å². The Hall–Kier alpha value is -1.56. The highest BCUT2D eigenvalue weighted by Crippen LogP contribution is 2.26. The number of fused-ring (bicyclic) bond motifs is 1. The monoisotopic (exact) mass is 297 g/mol. The topological polar surface area (TPSA) is 64.7 Å². The second-order valence-corrected chi connectivity index (χ2v) is 5.39. The lowest BCUT2D eigenvalue weighted by Gasteiger charge is -2.11. The molecule has 0 aliphatic rings. The SMILES string of the molecule is CCn1nc(C)c2nc(C(C)Cl)n(CCC(=O)NC)c21. The highest BCUT2D eigenvalue weighted by molar-refractivity contribution is 6.20. The van der Waals surface area contributed by atoms with Gasteiger partial charge in [-0.3, -0.25) is 4.79 Å². The molecule has 0 saturated heterocycles. The number of nitrogens with zero attached hydrogens (tertiary/aromatic N) is 4. The van der Waals surface area contributed by atoms with Crippen LogP contribution in [0.5, 0.6) is 0 Å². The van der Waals surface area contributed by atoms with Crippen molar-refractivity contribution in [2.75, 3.05) is 7.05 Å². The maximum absolute atomic E-state index is 11.5. The Labute approximate surface area is 123 Å². The van der Waals surface area contributed by atoms with Crippen LogP contribution >= 0.6 is 11.6 Å². The third-order valence-corrected chi connectivity index (χ3v) is 3.52. The zero-order valence-electron chi connectivity index (χ0n) is 12.3. The van der Waals surface area contributed by atoms with E-state index >= 15 is 0 Å². The number of amides is 1. The highest BCUT2D eigenvalue weighted by Gasteiger charge is 2.21. The third kappa shape index (κ3) is 2.52. The van der Waals surface area contributed by atoms with E-state index in [1.807, 2.05) is 30.0 Å². The second kappa shape index (κ2) is 5.83. The lowest BCUT2D eigenvalue weighted by Crippen LogP contribution is -2.20. The van der Waals surface area contributed by atoms with E-state index in [1.54, 1.807) is 7.05 Å². The van der Waals surface area contributed by atoms with Crippen LogP contribution in [0.15, 0.2) is 0 Å². The van der Waals surface area contributed by atoms with Crippen molar-refractivity contribution in [1.29, 1.82) is 0 Å². The quantitative estimate of drug-likeness (QED) is 0.859. The van der Waals surface area contributed by atoms with Crippen molar-refractivity contribution >= 4 is 28.7 Å². The molecule has 0 saturated carbocycles. The molecule has 0 aliphatic carbocycles. The number of carbonyl (C=O) groups is 1. The first-order valence-electron chi connectivity index (χ1n) is 6.77. The number of aromatic nitrogens is 4. The molecule has 6 nitrogen and oxygen atoms in total. The van der Waals surface area contributed by atoms with Gasteiger partial charge in [-0.1, -0.05) is 0 Å². The lowest BCUT2D eigenvalue weighted by molar-refractivity contribution is -0.120. The molecule has 1 N–H and O–H groups in total. The average Bonchev–Trinajstić information content (AvgIpc) is 2.94. The molecule has 1 unspecified atom stereocenters. The Kier molecular flexibility index (Phi) is 4.32. The number of halogens is 1. The van der Waals surface area contributed by atoms with Gasteiger partial charge in [-0.05, 0) is 20.8 Å². The number of carbonyl (C=O) groups excluding carboxylic acids is 1. The van der Waals surface area contributed by atoms with E-state index in [-0.39, 0.29) is 11.3 Å². The van der Waals surface area contributed by atoms with Gasteiger partial charge in [0.15, 0.2) is 5.65 Å². The van der Waals surface area contributed by atoms with Crippen LogP contribution in [0.4, 0.5) is 0 Å². The molecular weight excluding hydrogens is 278 g/mol. The van der Waals surface area contributed by atoms with Crippen molar-refractivity contribution in [2.24, 2.45) is 0 Å². The Morgan fingerprint density at radius 1 is 1.50 bits per heavy atom. The fourth-order valence-corrected chi connectivity index (χ4v) is 2.49. The van der Waals surface area contributed by atoms with E-state index in [4.69, 9.17) is 11.6 Å². The molecule has 2 heterocycles. The van der Waals surface area contributed by atoms with Gasteiger partial charge in [0.1, 0.15) is 11.3 Å². The van der Waals surface area contributed by atoms with Crippen LogP contribution in [-0.4, -0.2) is 32.3 Å². The number of rotatable bonds is 5. The molecule has 0 radical (unpaired) electrons. The number of hydrogen-bond acceptors (Lipinski definition) is 3. The summed E-state index contributed by atoms with van der Waals surface area (Å²) in [4.78, 5) is 16.1. The van der Waals surface area contributed by atoms with Crippen molar-refractivity contribution in [3.05, 3.63) is 11.5 Å². The van der Waals surface area contributed by atoms with Crippen LogP contribution < -0.4 is 5.32 Å². The standard InChI is InChI=1S/C13H20ClN5O/c1-5-19-13-11(9(3)17-19)16-12(8(2)14)18(13)7-6-10(20)15-4/h8H,5-7H2,1-4H3,(H,15,20). The normalized spacial score (nSPS) is 12.8. The van der Waals surface area contributed by atoms with E-state index in [0.29, 0.717) is 13.0 Å². The number of alkyl halides is 1. The fourth-order valence-electron chi connectivity index (χ4n) is 2.32. The smallest absolute Gasteiger partial charge is 0.221 e. The summed E-state index contributed by atoms with van der Waals surface area (Å²) >= 11 is 6.22. The van der Waals surface area contributed by atoms with Gasteiger partial charge in [-0.2, -0.15) is 5.10 Å². The maximum Gasteiger partial charge on any atom is 0.221 e. The summed E-state index contributed by atoms with van der Waals surface area (Å²) in [6.45, 7) is 7.16. The molecule has 0 fully saturated rings. The first-order chi connectivity index (χ1) is 9.49. The van der Waals surface area contributed by atoms with Crippen LogP contribution in [0.1, 0.15) is 37.2 Å². The van der Waals surface area contributed by atoms with Crippen molar-refractivity contribution < 1.29 is 4.79 Å². The van der Waals surface area contributed by atoms with Crippen LogP contribution in [0, 0.1) is 6.92 Å². The van der Waals surface area contributed by atoms with Gasteiger partial charge in [0, 0.05) is 26.6 Å². The summed E-state index contributed by atoms with van der Waals surface area (Å²) in [5.74, 6) is 0.785. The molecule has 110 valence electrons. The average molecular weight is 298 g/mol. The van der Waals surface area contributed by atoms with Gasteiger partial charge < -0.3 is 9.88 Å². The summed E-state index contributed by atoms with van der Waals surface area (Å²) in [6, 6.07) is 0. The molecule has 2 aromatic rings. The summed E-state index contributed by atoms with van der Waals surface area (Å²) in [5, 5.41) is 6.88. The van der Waals surface area contributed by atoms with Gasteiger partial charge in [0.05, 0.1) is 11.1 Å². The van der Waals surface area contributed by atoms with Gasteiger partial charge in [-0.25, -0.2) is 9.67 Å². The zero-order chi connectivity index (χ0) is 14.9. The molecule has 0 spiro atoms. The molecule has 0 aliphatic heterocycles. The Morgan fingerprint density at radius 2 is 2.20 bits per heavy atom. The van der Waals surface area contributed by atoms with Gasteiger partial charge in [-0.15, -0.1) is 11.6 Å². The summed E-state index contributed by atoms with van der Waals surface area (Å²) in [5.41, 5.74) is 2.70. The van der Waals surface area contributed by atoms with Crippen LogP contribution in [-0.2, 0) is 17.9 Å². The zero-order valence-corrected chi connectivity index (χ0v) is 13.0. The van der Waals surface area contributed by atoms with Crippen LogP contribution in [0.25, 0.3) is 11.2 Å².